The van der Waals surface area contributed by atoms with Crippen LogP contribution in [0.4, 0.5) is 26.3 Å². The topological polar surface area (TPSA) is 41.8 Å². The van der Waals surface area contributed by atoms with Crippen LogP contribution in [-0.4, -0.2) is 4.98 Å². The molecule has 3 rings (SSSR count). The van der Waals surface area contributed by atoms with E-state index in [1.165, 1.54) is 0 Å². The molecule has 0 saturated carbocycles. The van der Waals surface area contributed by atoms with E-state index in [1.54, 1.807) is 30.3 Å². The number of aromatic amines is 1. The molecule has 0 aliphatic rings. The number of alkyl halides is 6. The third kappa shape index (κ3) is 3.34. The summed E-state index contributed by atoms with van der Waals surface area (Å²) in [6.45, 7) is 0. The van der Waals surface area contributed by atoms with Gasteiger partial charge in [-0.05, 0) is 23.8 Å². The number of H-pyrrole nitrogens is 1. The second kappa shape index (κ2) is 5.80. The molecule has 0 aliphatic carbocycles. The molecule has 8 heteroatoms. The molecule has 0 saturated heterocycles. The van der Waals surface area contributed by atoms with E-state index in [4.69, 9.17) is 5.73 Å². The Bertz CT molecular complexity index is 893. The highest BCUT2D eigenvalue weighted by atomic mass is 19.4. The minimum atomic E-state index is -4.92. The van der Waals surface area contributed by atoms with E-state index in [9.17, 15) is 26.3 Å². The number of halogens is 6. The van der Waals surface area contributed by atoms with Crippen molar-refractivity contribution in [1.82, 2.24) is 4.98 Å². The molecule has 1 atom stereocenters. The van der Waals surface area contributed by atoms with Crippen LogP contribution >= 0.6 is 0 Å². The van der Waals surface area contributed by atoms with Gasteiger partial charge in [0.1, 0.15) is 0 Å². The third-order valence-corrected chi connectivity index (χ3v) is 3.89. The van der Waals surface area contributed by atoms with Crippen LogP contribution < -0.4 is 5.73 Å². The first-order valence-corrected chi connectivity index (χ1v) is 7.19. The highest BCUT2D eigenvalue weighted by molar-refractivity contribution is 5.85. The lowest BCUT2D eigenvalue weighted by molar-refractivity contribution is -0.142. The molecule has 25 heavy (non-hydrogen) atoms. The Morgan fingerprint density at radius 1 is 0.840 bits per heavy atom. The predicted molar refractivity (Wildman–Crippen MR) is 80.8 cm³/mol. The van der Waals surface area contributed by atoms with Gasteiger partial charge >= 0.3 is 12.4 Å². The molecule has 1 aromatic heterocycles. The van der Waals surface area contributed by atoms with Gasteiger partial charge in [0.05, 0.1) is 17.2 Å². The number of hydrogen-bond donors (Lipinski definition) is 2. The molecule has 3 aromatic rings. The second-order valence-corrected chi connectivity index (χ2v) is 5.59. The molecule has 132 valence electrons. The van der Waals surface area contributed by atoms with Gasteiger partial charge in [-0.3, -0.25) is 0 Å². The van der Waals surface area contributed by atoms with Gasteiger partial charge in [-0.1, -0.05) is 30.3 Å². The summed E-state index contributed by atoms with van der Waals surface area (Å²) in [6.07, 6.45) is -9.81. The average Bonchev–Trinajstić information content (AvgIpc) is 2.96. The maximum absolute atomic E-state index is 13.2. The van der Waals surface area contributed by atoms with E-state index in [2.05, 4.69) is 4.98 Å². The van der Waals surface area contributed by atoms with Crippen molar-refractivity contribution in [3.05, 3.63) is 70.9 Å². The van der Waals surface area contributed by atoms with Crippen LogP contribution in [0.15, 0.2) is 48.5 Å². The van der Waals surface area contributed by atoms with Crippen molar-refractivity contribution >= 4 is 10.9 Å². The molecule has 0 radical (unpaired) electrons. The van der Waals surface area contributed by atoms with Crippen LogP contribution in [0, 0.1) is 0 Å². The van der Waals surface area contributed by atoms with E-state index >= 15 is 0 Å². The Labute approximate surface area is 138 Å². The van der Waals surface area contributed by atoms with E-state index < -0.39 is 29.5 Å². The average molecular weight is 358 g/mol. The Hall–Kier alpha value is -2.48. The van der Waals surface area contributed by atoms with E-state index in [0.29, 0.717) is 11.6 Å². The zero-order valence-electron chi connectivity index (χ0n) is 12.5. The smallest absolute Gasteiger partial charge is 0.357 e. The molecule has 2 nitrogen and oxygen atoms in total. The standard InChI is InChI=1S/C17H12F6N2/c18-16(19,20)10-6-12(17(21,22)23)11-8-14(25-13(11)7-10)15(24)9-4-2-1-3-5-9/h1-8,15,25H,24H2/t15-/m1/s1. The highest BCUT2D eigenvalue weighted by Gasteiger charge is 2.38. The fourth-order valence-corrected chi connectivity index (χ4v) is 2.66. The summed E-state index contributed by atoms with van der Waals surface area (Å²) in [5.74, 6) is 0. The van der Waals surface area contributed by atoms with Crippen LogP contribution in [0.2, 0.25) is 0 Å². The Balaban J connectivity index is 2.19. The van der Waals surface area contributed by atoms with Crippen LogP contribution in [0.3, 0.4) is 0 Å². The van der Waals surface area contributed by atoms with Crippen LogP contribution in [0.1, 0.15) is 28.4 Å². The first kappa shape index (κ1) is 17.3. The summed E-state index contributed by atoms with van der Waals surface area (Å²) in [4.78, 5) is 2.59. The summed E-state index contributed by atoms with van der Waals surface area (Å²) >= 11 is 0. The SMILES string of the molecule is N[C@H](c1ccccc1)c1cc2c(C(F)(F)F)cc(C(F)(F)F)cc2[nH]1. The molecule has 3 N–H and O–H groups in total. The largest absolute Gasteiger partial charge is 0.417 e. The molecule has 0 fully saturated rings. The molecule has 0 bridgehead atoms. The second-order valence-electron chi connectivity index (χ2n) is 5.59. The Morgan fingerprint density at radius 2 is 1.48 bits per heavy atom. The van der Waals surface area contributed by atoms with Crippen LogP contribution in [-0.2, 0) is 12.4 Å². The molecule has 0 aliphatic heterocycles. The lowest BCUT2D eigenvalue weighted by atomic mass is 10.0. The lowest BCUT2D eigenvalue weighted by Crippen LogP contribution is -2.11. The summed E-state index contributed by atoms with van der Waals surface area (Å²) in [6, 6.07) is 9.67. The molecule has 2 aromatic carbocycles. The van der Waals surface area contributed by atoms with Crippen LogP contribution in [0.5, 0.6) is 0 Å². The fraction of sp³-hybridized carbons (Fsp3) is 0.176. The number of nitrogens with two attached hydrogens (primary N) is 1. The van der Waals surface area contributed by atoms with Gasteiger partial charge in [0.15, 0.2) is 0 Å². The summed E-state index contributed by atoms with van der Waals surface area (Å²) in [5.41, 5.74) is 3.88. The van der Waals surface area contributed by atoms with Crippen molar-refractivity contribution < 1.29 is 26.3 Å². The van der Waals surface area contributed by atoms with Gasteiger partial charge < -0.3 is 10.7 Å². The van der Waals surface area contributed by atoms with Gasteiger partial charge in [-0.15, -0.1) is 0 Å². The highest BCUT2D eigenvalue weighted by Crippen LogP contribution is 2.40. The first-order chi connectivity index (χ1) is 11.6. The number of aromatic nitrogens is 1. The van der Waals surface area contributed by atoms with E-state index in [-0.39, 0.29) is 22.7 Å². The third-order valence-electron chi connectivity index (χ3n) is 3.89. The zero-order chi connectivity index (χ0) is 18.4. The van der Waals surface area contributed by atoms with Crippen molar-refractivity contribution in [3.8, 4) is 0 Å². The lowest BCUT2D eigenvalue weighted by Gasteiger charge is -2.12. The van der Waals surface area contributed by atoms with Crippen molar-refractivity contribution in [3.63, 3.8) is 0 Å². The molecule has 0 unspecified atom stereocenters. The molecule has 0 amide bonds. The van der Waals surface area contributed by atoms with Gasteiger partial charge in [-0.2, -0.15) is 26.3 Å². The molecule has 0 spiro atoms. The quantitative estimate of drug-likeness (QED) is 0.604. The van der Waals surface area contributed by atoms with Crippen molar-refractivity contribution in [1.29, 1.82) is 0 Å². The number of fused-ring (bicyclic) bond motifs is 1. The monoisotopic (exact) mass is 358 g/mol. The minimum absolute atomic E-state index is 0.119. The number of hydrogen-bond acceptors (Lipinski definition) is 1. The van der Waals surface area contributed by atoms with E-state index in [1.807, 2.05) is 0 Å². The number of rotatable bonds is 2. The summed E-state index contributed by atoms with van der Waals surface area (Å²) < 4.78 is 78.3. The number of nitrogens with one attached hydrogen (secondary N) is 1. The molecular formula is C17H12F6N2. The van der Waals surface area contributed by atoms with Crippen molar-refractivity contribution in [2.75, 3.05) is 0 Å². The van der Waals surface area contributed by atoms with Gasteiger partial charge in [0.25, 0.3) is 0 Å². The summed E-state index contributed by atoms with van der Waals surface area (Å²) in [7, 11) is 0. The number of benzene rings is 2. The molecule has 1 heterocycles. The summed E-state index contributed by atoms with van der Waals surface area (Å²) in [5, 5.41) is -0.345. The maximum Gasteiger partial charge on any atom is 0.417 e. The normalized spacial score (nSPS) is 14.0. The van der Waals surface area contributed by atoms with Gasteiger partial charge in [-0.25, -0.2) is 0 Å². The Kier molecular flexibility index (Phi) is 4.03. The van der Waals surface area contributed by atoms with Crippen molar-refractivity contribution in [2.45, 2.75) is 18.4 Å². The predicted octanol–water partition coefficient (Wildman–Crippen LogP) is 5.25. The fourth-order valence-electron chi connectivity index (χ4n) is 2.66. The minimum Gasteiger partial charge on any atom is -0.357 e. The van der Waals surface area contributed by atoms with Crippen LogP contribution in [0.25, 0.3) is 10.9 Å². The zero-order valence-corrected chi connectivity index (χ0v) is 12.5. The molecular weight excluding hydrogens is 346 g/mol. The van der Waals surface area contributed by atoms with E-state index in [0.717, 1.165) is 6.07 Å². The Morgan fingerprint density at radius 3 is 2.04 bits per heavy atom. The first-order valence-electron chi connectivity index (χ1n) is 7.19. The van der Waals surface area contributed by atoms with Crippen molar-refractivity contribution in [2.24, 2.45) is 5.73 Å². The van der Waals surface area contributed by atoms with Gasteiger partial charge in [0.2, 0.25) is 0 Å². The maximum atomic E-state index is 13.2. The van der Waals surface area contributed by atoms with Gasteiger partial charge in [0, 0.05) is 16.6 Å².